The maximum Gasteiger partial charge on any atom is 0.236 e. The topological polar surface area (TPSA) is 72.2 Å². The van der Waals surface area contributed by atoms with Crippen molar-refractivity contribution in [3.05, 3.63) is 58.7 Å². The summed E-state index contributed by atoms with van der Waals surface area (Å²) in [7, 11) is 0. The first-order valence-electron chi connectivity index (χ1n) is 9.94. The number of carbonyl (C=O) groups excluding carboxylic acids is 1. The monoisotopic (exact) mass is 447 g/mol. The fourth-order valence-corrected chi connectivity index (χ4v) is 5.60. The second-order valence-corrected chi connectivity index (χ2v) is 9.78. The van der Waals surface area contributed by atoms with Crippen LogP contribution in [-0.2, 0) is 4.79 Å². The SMILES string of the molecule is Cc1ccc2nc(NC(=O)CSc3nnc4cc(C)c5cc(C)cc(C)c5n34)sc2c1. The first-order chi connectivity index (χ1) is 14.9. The number of anilines is 1. The number of pyridine rings is 1. The zero-order valence-electron chi connectivity index (χ0n) is 17.7. The van der Waals surface area contributed by atoms with E-state index in [1.165, 1.54) is 50.7 Å². The zero-order chi connectivity index (χ0) is 21.7. The van der Waals surface area contributed by atoms with Crippen molar-refractivity contribution in [3.63, 3.8) is 0 Å². The van der Waals surface area contributed by atoms with Crippen LogP contribution in [-0.4, -0.2) is 31.2 Å². The minimum Gasteiger partial charge on any atom is -0.301 e. The highest BCUT2D eigenvalue weighted by atomic mass is 32.2. The molecule has 156 valence electrons. The van der Waals surface area contributed by atoms with E-state index in [-0.39, 0.29) is 11.7 Å². The van der Waals surface area contributed by atoms with Crippen molar-refractivity contribution >= 4 is 60.9 Å². The third-order valence-corrected chi connectivity index (χ3v) is 7.08. The number of hydrogen-bond acceptors (Lipinski definition) is 6. The van der Waals surface area contributed by atoms with E-state index in [1.54, 1.807) is 0 Å². The van der Waals surface area contributed by atoms with E-state index in [9.17, 15) is 4.79 Å². The Hall–Kier alpha value is -2.97. The van der Waals surface area contributed by atoms with E-state index in [2.05, 4.69) is 63.9 Å². The average Bonchev–Trinajstić information content (AvgIpc) is 3.29. The van der Waals surface area contributed by atoms with E-state index in [0.717, 1.165) is 21.4 Å². The van der Waals surface area contributed by atoms with Gasteiger partial charge in [-0.25, -0.2) is 4.98 Å². The van der Waals surface area contributed by atoms with Crippen molar-refractivity contribution in [2.45, 2.75) is 32.9 Å². The van der Waals surface area contributed by atoms with E-state index in [4.69, 9.17) is 0 Å². The lowest BCUT2D eigenvalue weighted by Gasteiger charge is -2.11. The van der Waals surface area contributed by atoms with Gasteiger partial charge in [0.1, 0.15) is 0 Å². The van der Waals surface area contributed by atoms with Crippen LogP contribution in [0.3, 0.4) is 0 Å². The maximum absolute atomic E-state index is 12.6. The van der Waals surface area contributed by atoms with Crippen LogP contribution in [0.5, 0.6) is 0 Å². The molecule has 0 atom stereocenters. The summed E-state index contributed by atoms with van der Waals surface area (Å²) >= 11 is 2.87. The molecule has 3 aromatic heterocycles. The highest BCUT2D eigenvalue weighted by Crippen LogP contribution is 2.30. The highest BCUT2D eigenvalue weighted by molar-refractivity contribution is 7.99. The molecule has 1 amide bonds. The van der Waals surface area contributed by atoms with E-state index >= 15 is 0 Å². The number of nitrogens with one attached hydrogen (secondary N) is 1. The van der Waals surface area contributed by atoms with Crippen LogP contribution in [0.2, 0.25) is 0 Å². The average molecular weight is 448 g/mol. The Bertz CT molecular complexity index is 1480. The van der Waals surface area contributed by atoms with Gasteiger partial charge in [0.2, 0.25) is 5.91 Å². The van der Waals surface area contributed by atoms with Crippen molar-refractivity contribution < 1.29 is 4.79 Å². The molecule has 0 spiro atoms. The molecule has 0 bridgehead atoms. The summed E-state index contributed by atoms with van der Waals surface area (Å²) in [6.45, 7) is 8.34. The normalized spacial score (nSPS) is 11.6. The van der Waals surface area contributed by atoms with Crippen molar-refractivity contribution in [1.82, 2.24) is 19.6 Å². The number of hydrogen-bond donors (Lipinski definition) is 1. The number of aryl methyl sites for hydroxylation is 4. The summed E-state index contributed by atoms with van der Waals surface area (Å²) in [6, 6.07) is 12.5. The number of rotatable bonds is 4. The van der Waals surface area contributed by atoms with Crippen molar-refractivity contribution in [2.24, 2.45) is 0 Å². The number of thiazole rings is 1. The van der Waals surface area contributed by atoms with Crippen LogP contribution in [0.4, 0.5) is 5.13 Å². The van der Waals surface area contributed by atoms with Gasteiger partial charge in [0, 0.05) is 5.39 Å². The van der Waals surface area contributed by atoms with Gasteiger partial charge in [0.25, 0.3) is 0 Å². The third-order valence-electron chi connectivity index (χ3n) is 5.22. The summed E-state index contributed by atoms with van der Waals surface area (Å²) in [6.07, 6.45) is 0. The Labute approximate surface area is 187 Å². The third kappa shape index (κ3) is 3.66. The molecule has 6 nitrogen and oxygen atoms in total. The van der Waals surface area contributed by atoms with Crippen molar-refractivity contribution in [1.29, 1.82) is 0 Å². The van der Waals surface area contributed by atoms with Crippen LogP contribution >= 0.6 is 23.1 Å². The maximum atomic E-state index is 12.6. The number of fused-ring (bicyclic) bond motifs is 4. The first-order valence-corrected chi connectivity index (χ1v) is 11.7. The molecule has 5 aromatic rings. The zero-order valence-corrected chi connectivity index (χ0v) is 19.3. The second-order valence-electron chi connectivity index (χ2n) is 7.81. The van der Waals surface area contributed by atoms with Crippen LogP contribution in [0, 0.1) is 27.7 Å². The molecule has 0 aliphatic rings. The molecular weight excluding hydrogens is 426 g/mol. The Morgan fingerprint density at radius 1 is 1.03 bits per heavy atom. The van der Waals surface area contributed by atoms with Crippen molar-refractivity contribution in [3.8, 4) is 0 Å². The minimum atomic E-state index is -0.110. The van der Waals surface area contributed by atoms with E-state index < -0.39 is 0 Å². The van der Waals surface area contributed by atoms with Gasteiger partial charge in [-0.3, -0.25) is 9.20 Å². The predicted molar refractivity (Wildman–Crippen MR) is 128 cm³/mol. The summed E-state index contributed by atoms with van der Waals surface area (Å²) < 4.78 is 3.12. The summed E-state index contributed by atoms with van der Waals surface area (Å²) in [4.78, 5) is 17.1. The van der Waals surface area contributed by atoms with Crippen LogP contribution in [0.15, 0.2) is 41.6 Å². The van der Waals surface area contributed by atoms with Crippen LogP contribution in [0.1, 0.15) is 22.3 Å². The molecule has 0 radical (unpaired) electrons. The molecule has 5 rings (SSSR count). The van der Waals surface area contributed by atoms with Gasteiger partial charge in [0.15, 0.2) is 15.9 Å². The van der Waals surface area contributed by atoms with Crippen LogP contribution in [0.25, 0.3) is 26.8 Å². The lowest BCUT2D eigenvalue weighted by molar-refractivity contribution is -0.113. The van der Waals surface area contributed by atoms with Gasteiger partial charge in [-0.15, -0.1) is 10.2 Å². The summed E-state index contributed by atoms with van der Waals surface area (Å²) in [5.74, 6) is 0.122. The van der Waals surface area contributed by atoms with Gasteiger partial charge < -0.3 is 5.32 Å². The lowest BCUT2D eigenvalue weighted by Crippen LogP contribution is -2.14. The van der Waals surface area contributed by atoms with Gasteiger partial charge in [0.05, 0.1) is 21.5 Å². The summed E-state index contributed by atoms with van der Waals surface area (Å²) in [5, 5.41) is 14.1. The predicted octanol–water partition coefficient (Wildman–Crippen LogP) is 5.46. The lowest BCUT2D eigenvalue weighted by atomic mass is 10.0. The number of aromatic nitrogens is 4. The molecule has 8 heteroatoms. The van der Waals surface area contributed by atoms with Gasteiger partial charge >= 0.3 is 0 Å². The highest BCUT2D eigenvalue weighted by Gasteiger charge is 2.16. The molecule has 0 fully saturated rings. The van der Waals surface area contributed by atoms with Gasteiger partial charge in [-0.1, -0.05) is 40.8 Å². The number of nitrogens with zero attached hydrogens (tertiary/aromatic N) is 4. The van der Waals surface area contributed by atoms with Gasteiger partial charge in [-0.2, -0.15) is 0 Å². The number of amides is 1. The molecule has 0 aliphatic heterocycles. The van der Waals surface area contributed by atoms with E-state index in [0.29, 0.717) is 10.3 Å². The van der Waals surface area contributed by atoms with Crippen LogP contribution < -0.4 is 5.32 Å². The summed E-state index contributed by atoms with van der Waals surface area (Å²) in [5.41, 5.74) is 7.52. The fourth-order valence-electron chi connectivity index (χ4n) is 3.88. The molecule has 0 saturated carbocycles. The minimum absolute atomic E-state index is 0.110. The van der Waals surface area contributed by atoms with Crippen molar-refractivity contribution in [2.75, 3.05) is 11.1 Å². The Kier molecular flexibility index (Phi) is 4.91. The largest absolute Gasteiger partial charge is 0.301 e. The Morgan fingerprint density at radius 2 is 1.87 bits per heavy atom. The molecule has 0 unspecified atom stereocenters. The van der Waals surface area contributed by atoms with Gasteiger partial charge in [-0.05, 0) is 68.7 Å². The number of benzene rings is 2. The molecule has 1 N–H and O–H groups in total. The Morgan fingerprint density at radius 3 is 2.71 bits per heavy atom. The number of carbonyl (C=O) groups is 1. The molecule has 31 heavy (non-hydrogen) atoms. The second kappa shape index (κ2) is 7.62. The molecule has 2 aromatic carbocycles. The van der Waals surface area contributed by atoms with E-state index in [1.807, 2.05) is 25.1 Å². The molecular formula is C23H21N5OS2. The smallest absolute Gasteiger partial charge is 0.236 e. The molecule has 0 aliphatic carbocycles. The standard InChI is InChI=1S/C23H21N5OS2/c1-12-5-6-17-18(9-12)31-22(24-17)25-20(29)11-30-23-27-26-19-10-14(3)16-8-13(2)7-15(4)21(16)28(19)23/h5-10H,11H2,1-4H3,(H,24,25,29). The molecule has 3 heterocycles. The molecule has 0 saturated heterocycles. The quantitative estimate of drug-likeness (QED) is 0.371. The Balaban J connectivity index is 1.41. The fraction of sp³-hybridized carbons (Fsp3) is 0.217. The number of thioether (sulfide) groups is 1. The first kappa shape index (κ1) is 20.0.